The fraction of sp³-hybridized carbons (Fsp3) is 0.235. The predicted molar refractivity (Wildman–Crippen MR) is 100 cm³/mol. The second-order valence-electron chi connectivity index (χ2n) is 6.01. The maximum atomic E-state index is 12.6. The average molecular weight is 410 g/mol. The van der Waals surface area contributed by atoms with Crippen LogP contribution in [-0.2, 0) is 10.0 Å². The Labute approximate surface area is 160 Å². The molecule has 0 unspecified atom stereocenters. The van der Waals surface area contributed by atoms with Crippen LogP contribution in [0.3, 0.4) is 0 Å². The van der Waals surface area contributed by atoms with E-state index in [1.54, 1.807) is 0 Å². The number of nitro benzene ring substituents is 1. The summed E-state index contributed by atoms with van der Waals surface area (Å²) < 4.78 is 26.7. The Morgan fingerprint density at radius 3 is 2.52 bits per heavy atom. The summed E-state index contributed by atoms with van der Waals surface area (Å²) in [6, 6.07) is 9.46. The lowest BCUT2D eigenvalue weighted by atomic mass is 10.1. The van der Waals surface area contributed by atoms with E-state index in [2.05, 4.69) is 5.32 Å². The maximum Gasteiger partial charge on any atom is 0.282 e. The molecule has 27 heavy (non-hydrogen) atoms. The van der Waals surface area contributed by atoms with E-state index in [0.717, 1.165) is 18.9 Å². The lowest BCUT2D eigenvalue weighted by molar-refractivity contribution is -0.385. The Morgan fingerprint density at radius 1 is 1.15 bits per heavy atom. The topological polar surface area (TPSA) is 110 Å². The zero-order valence-electron chi connectivity index (χ0n) is 14.1. The van der Waals surface area contributed by atoms with Crippen molar-refractivity contribution in [2.45, 2.75) is 17.7 Å². The molecule has 0 aromatic heterocycles. The number of sulfonamides is 1. The van der Waals surface area contributed by atoms with Gasteiger partial charge < -0.3 is 5.32 Å². The van der Waals surface area contributed by atoms with Crippen molar-refractivity contribution in [3.05, 3.63) is 63.2 Å². The highest BCUT2D eigenvalue weighted by Gasteiger charge is 2.27. The van der Waals surface area contributed by atoms with Crippen LogP contribution in [0.15, 0.2) is 47.4 Å². The van der Waals surface area contributed by atoms with E-state index in [9.17, 15) is 23.3 Å². The molecule has 142 valence electrons. The van der Waals surface area contributed by atoms with Crippen LogP contribution in [0.4, 0.5) is 11.4 Å². The van der Waals surface area contributed by atoms with Crippen LogP contribution in [0.1, 0.15) is 23.2 Å². The second kappa shape index (κ2) is 7.63. The number of halogens is 1. The Bertz CT molecular complexity index is 1000. The molecule has 0 atom stereocenters. The van der Waals surface area contributed by atoms with Crippen LogP contribution in [0.5, 0.6) is 0 Å². The molecule has 2 aromatic rings. The van der Waals surface area contributed by atoms with Crippen molar-refractivity contribution in [3.63, 3.8) is 0 Å². The van der Waals surface area contributed by atoms with Crippen molar-refractivity contribution in [3.8, 4) is 0 Å². The summed E-state index contributed by atoms with van der Waals surface area (Å²) in [5.74, 6) is -0.750. The molecule has 1 aliphatic heterocycles. The number of nitro groups is 1. The van der Waals surface area contributed by atoms with E-state index < -0.39 is 26.5 Å². The first-order valence-electron chi connectivity index (χ1n) is 8.14. The number of carbonyl (C=O) groups excluding carboxylic acids is 1. The molecule has 1 fully saturated rings. The number of benzene rings is 2. The first kappa shape index (κ1) is 19.3. The van der Waals surface area contributed by atoms with E-state index in [1.165, 1.54) is 40.7 Å². The van der Waals surface area contributed by atoms with Crippen LogP contribution < -0.4 is 5.32 Å². The number of nitrogens with zero attached hydrogens (tertiary/aromatic N) is 2. The third-order valence-electron chi connectivity index (χ3n) is 4.19. The van der Waals surface area contributed by atoms with E-state index in [1.807, 2.05) is 0 Å². The van der Waals surface area contributed by atoms with Gasteiger partial charge in [0.25, 0.3) is 11.6 Å². The van der Waals surface area contributed by atoms with Gasteiger partial charge in [0.2, 0.25) is 10.0 Å². The quantitative estimate of drug-likeness (QED) is 0.601. The Hall–Kier alpha value is -2.49. The number of hydrogen-bond acceptors (Lipinski definition) is 5. The van der Waals surface area contributed by atoms with Gasteiger partial charge in [0, 0.05) is 29.9 Å². The van der Waals surface area contributed by atoms with Crippen LogP contribution in [0.25, 0.3) is 0 Å². The van der Waals surface area contributed by atoms with Crippen LogP contribution in [0, 0.1) is 10.1 Å². The molecule has 2 aromatic carbocycles. The monoisotopic (exact) mass is 409 g/mol. The molecule has 10 heteroatoms. The minimum atomic E-state index is -3.64. The zero-order chi connectivity index (χ0) is 19.6. The number of anilines is 1. The van der Waals surface area contributed by atoms with Gasteiger partial charge >= 0.3 is 0 Å². The molecule has 1 aliphatic rings. The van der Waals surface area contributed by atoms with Crippen molar-refractivity contribution < 1.29 is 18.1 Å². The first-order valence-corrected chi connectivity index (χ1v) is 9.96. The normalized spacial score (nSPS) is 14.9. The molecule has 8 nitrogen and oxygen atoms in total. The van der Waals surface area contributed by atoms with E-state index >= 15 is 0 Å². The minimum Gasteiger partial charge on any atom is -0.322 e. The van der Waals surface area contributed by atoms with Crippen molar-refractivity contribution in [2.24, 2.45) is 0 Å². The summed E-state index contributed by atoms with van der Waals surface area (Å²) in [7, 11) is -3.64. The molecule has 0 radical (unpaired) electrons. The van der Waals surface area contributed by atoms with Crippen molar-refractivity contribution in [1.29, 1.82) is 0 Å². The lowest BCUT2D eigenvalue weighted by Crippen LogP contribution is -2.27. The number of rotatable bonds is 5. The molecular formula is C17H16ClN3O5S. The fourth-order valence-electron chi connectivity index (χ4n) is 2.86. The highest BCUT2D eigenvalue weighted by Crippen LogP contribution is 2.26. The van der Waals surface area contributed by atoms with Gasteiger partial charge in [-0.1, -0.05) is 17.7 Å². The number of amides is 1. The standard InChI is InChI=1S/C17H16ClN3O5S/c18-12-6-7-16(21(23)24)15(10-12)17(22)19-13-4-3-5-14(11-13)27(25,26)20-8-1-2-9-20/h3-7,10-11H,1-2,8-9H2,(H,19,22). The molecule has 1 amide bonds. The largest absolute Gasteiger partial charge is 0.322 e. The Morgan fingerprint density at radius 2 is 1.85 bits per heavy atom. The van der Waals surface area contributed by atoms with E-state index in [4.69, 9.17) is 11.6 Å². The fourth-order valence-corrected chi connectivity index (χ4v) is 4.60. The van der Waals surface area contributed by atoms with Gasteiger partial charge in [-0.3, -0.25) is 14.9 Å². The Balaban J connectivity index is 1.88. The summed E-state index contributed by atoms with van der Waals surface area (Å²) in [5.41, 5.74) is -0.382. The molecule has 1 heterocycles. The van der Waals surface area contributed by atoms with Crippen molar-refractivity contribution in [2.75, 3.05) is 18.4 Å². The van der Waals surface area contributed by atoms with E-state index in [-0.39, 0.29) is 21.2 Å². The SMILES string of the molecule is O=C(Nc1cccc(S(=O)(=O)N2CCCC2)c1)c1cc(Cl)ccc1[N+](=O)[O-]. The van der Waals surface area contributed by atoms with Gasteiger partial charge in [-0.05, 0) is 43.2 Å². The van der Waals surface area contributed by atoms with Gasteiger partial charge in [0.15, 0.2) is 0 Å². The average Bonchev–Trinajstić information content (AvgIpc) is 3.17. The number of hydrogen-bond donors (Lipinski definition) is 1. The van der Waals surface area contributed by atoms with Crippen molar-refractivity contribution >= 4 is 38.9 Å². The summed E-state index contributed by atoms with van der Waals surface area (Å²) in [6.07, 6.45) is 1.63. The highest BCUT2D eigenvalue weighted by atomic mass is 35.5. The molecule has 3 rings (SSSR count). The van der Waals surface area contributed by atoms with Crippen LogP contribution >= 0.6 is 11.6 Å². The maximum absolute atomic E-state index is 12.6. The molecular weight excluding hydrogens is 394 g/mol. The smallest absolute Gasteiger partial charge is 0.282 e. The van der Waals surface area contributed by atoms with Crippen molar-refractivity contribution in [1.82, 2.24) is 4.31 Å². The van der Waals surface area contributed by atoms with E-state index in [0.29, 0.717) is 13.1 Å². The molecule has 1 N–H and O–H groups in total. The van der Waals surface area contributed by atoms with Gasteiger partial charge in [-0.15, -0.1) is 0 Å². The third kappa shape index (κ3) is 4.10. The van der Waals surface area contributed by atoms with Crippen LogP contribution in [0.2, 0.25) is 5.02 Å². The first-order chi connectivity index (χ1) is 12.8. The summed E-state index contributed by atoms with van der Waals surface area (Å²) in [4.78, 5) is 23.0. The molecule has 0 saturated carbocycles. The summed E-state index contributed by atoms with van der Waals surface area (Å²) in [6.45, 7) is 0.932. The lowest BCUT2D eigenvalue weighted by Gasteiger charge is -2.16. The van der Waals surface area contributed by atoms with Gasteiger partial charge in [0.05, 0.1) is 9.82 Å². The predicted octanol–water partition coefficient (Wildman–Crippen LogP) is 3.29. The number of nitrogens with one attached hydrogen (secondary N) is 1. The Kier molecular flexibility index (Phi) is 5.45. The summed E-state index contributed by atoms with van der Waals surface area (Å²) in [5, 5.41) is 13.8. The molecule has 0 aliphatic carbocycles. The second-order valence-corrected chi connectivity index (χ2v) is 8.39. The number of carbonyl (C=O) groups is 1. The third-order valence-corrected chi connectivity index (χ3v) is 6.32. The van der Waals surface area contributed by atoms with Gasteiger partial charge in [0.1, 0.15) is 5.56 Å². The van der Waals surface area contributed by atoms with Crippen LogP contribution in [-0.4, -0.2) is 36.6 Å². The molecule has 1 saturated heterocycles. The molecule has 0 spiro atoms. The van der Waals surface area contributed by atoms with Gasteiger partial charge in [-0.25, -0.2) is 8.42 Å². The summed E-state index contributed by atoms with van der Waals surface area (Å²) >= 11 is 5.84. The highest BCUT2D eigenvalue weighted by molar-refractivity contribution is 7.89. The zero-order valence-corrected chi connectivity index (χ0v) is 15.7. The molecule has 0 bridgehead atoms. The van der Waals surface area contributed by atoms with Gasteiger partial charge in [-0.2, -0.15) is 4.31 Å². The minimum absolute atomic E-state index is 0.0581.